The smallest absolute Gasteiger partial charge is 0.850 e. The number of likely N-dealkylation sites (tertiary alicyclic amines) is 1. The fraction of sp³-hybridized carbons (Fsp3) is 0.514. The predicted molar refractivity (Wildman–Crippen MR) is 174 cm³/mol. The third-order valence-corrected chi connectivity index (χ3v) is 7.22. The van der Waals surface area contributed by atoms with Crippen LogP contribution in [0.4, 0.5) is 20.8 Å². The van der Waals surface area contributed by atoms with Gasteiger partial charge in [-0.15, -0.1) is 5.60 Å². The SMILES string of the molecule is CC(C)(C)OC(=O)N1CCC(c2ccc(Nc3ncnc(-c4ccc(O[C@H]5CCOC[C@H]5F)c(C#N)c4)n3)cc2)CC1.CC(C)(C)[O-].[K+]. The molecule has 2 fully saturated rings. The Morgan fingerprint density at radius 3 is 2.33 bits per heavy atom. The second-order valence-corrected chi connectivity index (χ2v) is 13.6. The minimum atomic E-state index is -1.24. The molecule has 0 aliphatic carbocycles. The van der Waals surface area contributed by atoms with E-state index in [0.717, 1.165) is 18.5 Å². The Balaban J connectivity index is 0.000000970. The molecule has 0 spiro atoms. The number of benzene rings is 2. The maximum absolute atomic E-state index is 14.2. The zero-order valence-corrected chi connectivity index (χ0v) is 32.1. The number of carbonyl (C=O) groups is 1. The van der Waals surface area contributed by atoms with Crippen LogP contribution >= 0.6 is 0 Å². The van der Waals surface area contributed by atoms with Crippen LogP contribution < -0.4 is 66.5 Å². The summed E-state index contributed by atoms with van der Waals surface area (Å²) >= 11 is 0. The molecule has 3 heterocycles. The van der Waals surface area contributed by atoms with Crippen molar-refractivity contribution in [2.24, 2.45) is 0 Å². The molecule has 252 valence electrons. The summed E-state index contributed by atoms with van der Waals surface area (Å²) in [6.07, 6.45) is 1.43. The van der Waals surface area contributed by atoms with Gasteiger partial charge in [0.25, 0.3) is 0 Å². The van der Waals surface area contributed by atoms with E-state index in [0.29, 0.717) is 55.1 Å². The van der Waals surface area contributed by atoms with Crippen molar-refractivity contribution in [3.05, 3.63) is 59.9 Å². The zero-order chi connectivity index (χ0) is 34.2. The van der Waals surface area contributed by atoms with E-state index in [1.807, 2.05) is 32.9 Å². The van der Waals surface area contributed by atoms with E-state index >= 15 is 0 Å². The first-order chi connectivity index (χ1) is 22.2. The van der Waals surface area contributed by atoms with Crippen molar-refractivity contribution in [3.8, 4) is 23.2 Å². The van der Waals surface area contributed by atoms with E-state index in [1.165, 1.54) is 11.9 Å². The Labute approximate surface area is 325 Å². The summed E-state index contributed by atoms with van der Waals surface area (Å²) in [5, 5.41) is 23.0. The van der Waals surface area contributed by atoms with Crippen LogP contribution in [0.15, 0.2) is 48.8 Å². The van der Waals surface area contributed by atoms with Crippen molar-refractivity contribution in [2.75, 3.05) is 31.6 Å². The average molecular weight is 687 g/mol. The molecule has 0 unspecified atom stereocenters. The third-order valence-electron chi connectivity index (χ3n) is 7.22. The molecule has 0 radical (unpaired) electrons. The van der Waals surface area contributed by atoms with Crippen molar-refractivity contribution >= 4 is 17.7 Å². The molecule has 2 aliphatic rings. The Morgan fingerprint density at radius 2 is 1.73 bits per heavy atom. The van der Waals surface area contributed by atoms with Gasteiger partial charge in [-0.05, 0) is 75.4 Å². The minimum absolute atomic E-state index is 0. The molecule has 1 amide bonds. The third kappa shape index (κ3) is 12.6. The standard InChI is InChI=1S/C31H35FN6O4.C4H9O.K/c1-31(2,3)42-30(39)38-13-10-21(11-14-38)20-4-7-24(8-5-20)36-29-35-19-34-28(37-29)22-6-9-26(23(16-22)17-33)41-27-12-15-40-18-25(27)32;1-4(2,3)5;/h4-9,16,19,21,25,27H,10-15,18H2,1-3H3,(H,34,35,36,37);1-3H3;/q;-1;+1/t25-,27+;;/m1../s1. The van der Waals surface area contributed by atoms with Crippen LogP contribution in [-0.4, -0.2) is 75.7 Å². The number of amides is 1. The van der Waals surface area contributed by atoms with E-state index in [-0.39, 0.29) is 69.6 Å². The van der Waals surface area contributed by atoms with Gasteiger partial charge in [0, 0.05) is 30.8 Å². The second-order valence-electron chi connectivity index (χ2n) is 13.6. The minimum Gasteiger partial charge on any atom is -0.850 e. The monoisotopic (exact) mass is 686 g/mol. The molecule has 1 aromatic heterocycles. The first-order valence-corrected chi connectivity index (χ1v) is 15.9. The van der Waals surface area contributed by atoms with E-state index in [4.69, 9.17) is 14.2 Å². The molecule has 5 rings (SSSR count). The molecule has 2 aliphatic heterocycles. The molecule has 2 aromatic carbocycles. The topological polar surface area (TPSA) is 146 Å². The summed E-state index contributed by atoms with van der Waals surface area (Å²) in [5.74, 6) is 1.43. The molecule has 48 heavy (non-hydrogen) atoms. The summed E-state index contributed by atoms with van der Waals surface area (Å²) in [5.41, 5.74) is 1.67. The first-order valence-electron chi connectivity index (χ1n) is 15.9. The number of nitrogens with one attached hydrogen (secondary N) is 1. The van der Waals surface area contributed by atoms with Crippen molar-refractivity contribution in [1.82, 2.24) is 19.9 Å². The predicted octanol–water partition coefficient (Wildman–Crippen LogP) is 2.92. The second kappa shape index (κ2) is 17.8. The van der Waals surface area contributed by atoms with Crippen molar-refractivity contribution in [1.29, 1.82) is 5.26 Å². The zero-order valence-electron chi connectivity index (χ0n) is 29.0. The van der Waals surface area contributed by atoms with Gasteiger partial charge < -0.3 is 29.5 Å². The van der Waals surface area contributed by atoms with Gasteiger partial charge in [0.05, 0.1) is 18.8 Å². The van der Waals surface area contributed by atoms with Crippen molar-refractivity contribution in [3.63, 3.8) is 0 Å². The largest absolute Gasteiger partial charge is 1.00 e. The summed E-state index contributed by atoms with van der Waals surface area (Å²) in [4.78, 5) is 27.2. The molecular weight excluding hydrogens is 643 g/mol. The molecule has 13 heteroatoms. The number of hydrogen-bond acceptors (Lipinski definition) is 10. The van der Waals surface area contributed by atoms with Gasteiger partial charge in [0.2, 0.25) is 5.95 Å². The van der Waals surface area contributed by atoms with Crippen LogP contribution in [0.3, 0.4) is 0 Å². The Bertz CT molecular complexity index is 1530. The van der Waals surface area contributed by atoms with Crippen LogP contribution in [0.1, 0.15) is 77.8 Å². The van der Waals surface area contributed by atoms with Gasteiger partial charge in [-0.1, -0.05) is 32.9 Å². The molecule has 3 aromatic rings. The van der Waals surface area contributed by atoms with Gasteiger partial charge >= 0.3 is 57.5 Å². The van der Waals surface area contributed by atoms with Crippen LogP contribution in [0.5, 0.6) is 5.75 Å². The van der Waals surface area contributed by atoms with Gasteiger partial charge in [0.15, 0.2) is 12.0 Å². The number of piperidine rings is 1. The normalized spacial score (nSPS) is 18.4. The number of alkyl halides is 1. The van der Waals surface area contributed by atoms with Crippen LogP contribution in [0, 0.1) is 11.3 Å². The quantitative estimate of drug-likeness (QED) is 0.384. The summed E-state index contributed by atoms with van der Waals surface area (Å²) in [6.45, 7) is 12.3. The Morgan fingerprint density at radius 1 is 1.06 bits per heavy atom. The van der Waals surface area contributed by atoms with Crippen LogP contribution in [0.25, 0.3) is 11.4 Å². The van der Waals surface area contributed by atoms with Gasteiger partial charge in [-0.25, -0.2) is 19.2 Å². The van der Waals surface area contributed by atoms with E-state index < -0.39 is 23.5 Å². The van der Waals surface area contributed by atoms with Gasteiger partial charge in [-0.3, -0.25) is 0 Å². The number of anilines is 2. The summed E-state index contributed by atoms with van der Waals surface area (Å²) < 4.78 is 30.6. The molecule has 0 saturated carbocycles. The maximum Gasteiger partial charge on any atom is 1.00 e. The van der Waals surface area contributed by atoms with E-state index in [9.17, 15) is 19.6 Å². The number of hydrogen-bond donors (Lipinski definition) is 1. The van der Waals surface area contributed by atoms with Crippen LogP contribution in [0.2, 0.25) is 0 Å². The number of aromatic nitrogens is 3. The molecule has 2 atom stereocenters. The van der Waals surface area contributed by atoms with Gasteiger partial charge in [-0.2, -0.15) is 10.2 Å². The number of nitrogens with zero attached hydrogens (tertiary/aromatic N) is 5. The number of carbonyl (C=O) groups excluding carboxylic acids is 1. The van der Waals surface area contributed by atoms with Crippen molar-refractivity contribution < 1.29 is 79.9 Å². The molecule has 0 bridgehead atoms. The van der Waals surface area contributed by atoms with Crippen LogP contribution in [-0.2, 0) is 9.47 Å². The maximum atomic E-state index is 14.2. The molecule has 1 N–H and O–H groups in total. The molecule has 2 saturated heterocycles. The average Bonchev–Trinajstić information content (AvgIpc) is 3.01. The number of ether oxygens (including phenoxy) is 3. The molecular formula is C35H44FKN6O5. The fourth-order valence-corrected chi connectivity index (χ4v) is 5.02. The Kier molecular flexibility index (Phi) is 14.7. The number of halogens is 1. The van der Waals surface area contributed by atoms with E-state index in [1.54, 1.807) is 43.9 Å². The molecule has 11 nitrogen and oxygen atoms in total. The number of rotatable bonds is 6. The Hall–Kier alpha value is -2.70. The summed E-state index contributed by atoms with van der Waals surface area (Å²) in [7, 11) is 0. The first kappa shape index (κ1) is 39.7. The number of nitriles is 1. The van der Waals surface area contributed by atoms with E-state index in [2.05, 4.69) is 38.5 Å². The fourth-order valence-electron chi connectivity index (χ4n) is 5.02. The van der Waals surface area contributed by atoms with Gasteiger partial charge in [0.1, 0.15) is 29.9 Å². The van der Waals surface area contributed by atoms with Crippen molar-refractivity contribution in [2.45, 2.75) is 90.2 Å². The summed E-state index contributed by atoms with van der Waals surface area (Å²) in [6, 6.07) is 15.3.